The van der Waals surface area contributed by atoms with Gasteiger partial charge in [-0.15, -0.1) is 0 Å². The molecule has 18 heavy (non-hydrogen) atoms. The summed E-state index contributed by atoms with van der Waals surface area (Å²) in [5.74, 6) is -0.977. The van der Waals surface area contributed by atoms with Crippen LogP contribution in [-0.4, -0.2) is 29.7 Å². The van der Waals surface area contributed by atoms with Crippen LogP contribution in [0, 0.1) is 5.41 Å². The highest BCUT2D eigenvalue weighted by Gasteiger charge is 2.19. The van der Waals surface area contributed by atoms with Gasteiger partial charge in [-0.25, -0.2) is 9.59 Å². The molecule has 0 aliphatic heterocycles. The summed E-state index contributed by atoms with van der Waals surface area (Å²) in [6.07, 6.45) is 3.03. The average molecular weight is 258 g/mol. The molecule has 3 N–H and O–H groups in total. The molecule has 1 unspecified atom stereocenters. The summed E-state index contributed by atoms with van der Waals surface area (Å²) >= 11 is 0. The molecule has 0 heterocycles. The molecule has 0 aliphatic carbocycles. The Balaban J connectivity index is 3.99. The molecule has 106 valence electrons. The fourth-order valence-corrected chi connectivity index (χ4v) is 1.43. The smallest absolute Gasteiger partial charge is 0.326 e. The van der Waals surface area contributed by atoms with Crippen molar-refractivity contribution in [2.24, 2.45) is 5.41 Å². The van der Waals surface area contributed by atoms with E-state index in [0.29, 0.717) is 13.0 Å². The zero-order valence-electron chi connectivity index (χ0n) is 11.9. The van der Waals surface area contributed by atoms with E-state index >= 15 is 0 Å². The predicted octanol–water partition coefficient (Wildman–Crippen LogP) is 2.37. The maximum Gasteiger partial charge on any atom is 0.326 e. The summed E-state index contributed by atoms with van der Waals surface area (Å²) in [7, 11) is 0. The standard InChI is InChI=1S/C13H26N2O3/c1-5-6-7-10(11(16)17)15-12(18)14-9-8-13(2,3)4/h10H,5-9H2,1-4H3,(H,16,17)(H2,14,15,18). The van der Waals surface area contributed by atoms with Crippen molar-refractivity contribution in [3.8, 4) is 0 Å². The highest BCUT2D eigenvalue weighted by atomic mass is 16.4. The van der Waals surface area contributed by atoms with Crippen LogP contribution < -0.4 is 10.6 Å². The largest absolute Gasteiger partial charge is 0.480 e. The molecule has 0 spiro atoms. The highest BCUT2D eigenvalue weighted by Crippen LogP contribution is 2.16. The number of carbonyl (C=O) groups excluding carboxylic acids is 1. The van der Waals surface area contributed by atoms with Crippen molar-refractivity contribution in [2.75, 3.05) is 6.54 Å². The van der Waals surface area contributed by atoms with E-state index in [1.807, 2.05) is 6.92 Å². The van der Waals surface area contributed by atoms with E-state index in [2.05, 4.69) is 31.4 Å². The molecule has 0 saturated carbocycles. The van der Waals surface area contributed by atoms with Crippen LogP contribution in [0.15, 0.2) is 0 Å². The van der Waals surface area contributed by atoms with Crippen LogP contribution in [-0.2, 0) is 4.79 Å². The molecule has 5 nitrogen and oxygen atoms in total. The van der Waals surface area contributed by atoms with Gasteiger partial charge in [-0.2, -0.15) is 0 Å². The lowest BCUT2D eigenvalue weighted by atomic mass is 9.92. The number of hydrogen-bond donors (Lipinski definition) is 3. The average Bonchev–Trinajstić information content (AvgIpc) is 2.21. The van der Waals surface area contributed by atoms with Crippen LogP contribution in [0.25, 0.3) is 0 Å². The van der Waals surface area contributed by atoms with Gasteiger partial charge in [-0.3, -0.25) is 0 Å². The van der Waals surface area contributed by atoms with Gasteiger partial charge in [0.05, 0.1) is 0 Å². The molecule has 0 aliphatic rings. The Morgan fingerprint density at radius 3 is 2.33 bits per heavy atom. The third-order valence-corrected chi connectivity index (χ3v) is 2.61. The van der Waals surface area contributed by atoms with Crippen molar-refractivity contribution in [3.63, 3.8) is 0 Å². The third-order valence-electron chi connectivity index (χ3n) is 2.61. The fourth-order valence-electron chi connectivity index (χ4n) is 1.43. The Morgan fingerprint density at radius 1 is 1.28 bits per heavy atom. The lowest BCUT2D eigenvalue weighted by Gasteiger charge is -2.19. The van der Waals surface area contributed by atoms with E-state index in [9.17, 15) is 9.59 Å². The summed E-state index contributed by atoms with van der Waals surface area (Å²) in [6.45, 7) is 8.81. The monoisotopic (exact) mass is 258 g/mol. The van der Waals surface area contributed by atoms with E-state index in [1.54, 1.807) is 0 Å². The SMILES string of the molecule is CCCCC(NC(=O)NCCC(C)(C)C)C(=O)O. The van der Waals surface area contributed by atoms with Gasteiger partial charge in [0.1, 0.15) is 6.04 Å². The maximum absolute atomic E-state index is 11.5. The van der Waals surface area contributed by atoms with Gasteiger partial charge in [0, 0.05) is 6.54 Å². The quantitative estimate of drug-likeness (QED) is 0.656. The summed E-state index contributed by atoms with van der Waals surface area (Å²) in [5, 5.41) is 14.1. The lowest BCUT2D eigenvalue weighted by Crippen LogP contribution is -2.46. The fraction of sp³-hybridized carbons (Fsp3) is 0.846. The number of unbranched alkanes of at least 4 members (excludes halogenated alkanes) is 1. The molecule has 0 radical (unpaired) electrons. The second kappa shape index (κ2) is 7.95. The first-order valence-corrected chi connectivity index (χ1v) is 6.53. The zero-order chi connectivity index (χ0) is 14.2. The first kappa shape index (κ1) is 16.7. The van der Waals surface area contributed by atoms with E-state index in [1.165, 1.54) is 0 Å². The van der Waals surface area contributed by atoms with Crippen molar-refractivity contribution in [3.05, 3.63) is 0 Å². The van der Waals surface area contributed by atoms with Gasteiger partial charge in [0.2, 0.25) is 0 Å². The molecular weight excluding hydrogens is 232 g/mol. The van der Waals surface area contributed by atoms with Gasteiger partial charge >= 0.3 is 12.0 Å². The van der Waals surface area contributed by atoms with Gasteiger partial charge < -0.3 is 15.7 Å². The van der Waals surface area contributed by atoms with Crippen LogP contribution in [0.5, 0.6) is 0 Å². The molecule has 0 aromatic carbocycles. The van der Waals surface area contributed by atoms with Crippen LogP contribution in [0.4, 0.5) is 4.79 Å². The van der Waals surface area contributed by atoms with E-state index in [-0.39, 0.29) is 5.41 Å². The second-order valence-electron chi connectivity index (χ2n) is 5.74. The van der Waals surface area contributed by atoms with Crippen molar-refractivity contribution in [1.29, 1.82) is 0 Å². The first-order chi connectivity index (χ1) is 8.26. The normalized spacial score (nSPS) is 12.9. The number of carboxylic acid groups (broad SMARTS) is 1. The number of carboxylic acids is 1. The Kier molecular flexibility index (Phi) is 7.39. The molecule has 0 rings (SSSR count). The number of urea groups is 1. The number of aliphatic carboxylic acids is 1. The Hall–Kier alpha value is -1.26. The van der Waals surface area contributed by atoms with Crippen LogP contribution in [0.2, 0.25) is 0 Å². The van der Waals surface area contributed by atoms with Gasteiger partial charge in [-0.1, -0.05) is 40.5 Å². The molecular formula is C13H26N2O3. The minimum Gasteiger partial charge on any atom is -0.480 e. The highest BCUT2D eigenvalue weighted by molar-refractivity contribution is 5.82. The molecule has 0 aromatic heterocycles. The number of amides is 2. The molecule has 0 bridgehead atoms. The molecule has 5 heteroatoms. The van der Waals surface area contributed by atoms with E-state index in [0.717, 1.165) is 19.3 Å². The summed E-state index contributed by atoms with van der Waals surface area (Å²) in [6, 6.07) is -1.19. The number of nitrogens with one attached hydrogen (secondary N) is 2. The Bertz CT molecular complexity index is 272. The predicted molar refractivity (Wildman–Crippen MR) is 71.6 cm³/mol. The van der Waals surface area contributed by atoms with Gasteiger partial charge in [-0.05, 0) is 18.3 Å². The maximum atomic E-state index is 11.5. The van der Waals surface area contributed by atoms with Gasteiger partial charge in [0.25, 0.3) is 0 Å². The van der Waals surface area contributed by atoms with E-state index in [4.69, 9.17) is 5.11 Å². The summed E-state index contributed by atoms with van der Waals surface area (Å²) < 4.78 is 0. The second-order valence-corrected chi connectivity index (χ2v) is 5.74. The molecule has 2 amide bonds. The molecule has 0 aromatic rings. The topological polar surface area (TPSA) is 78.4 Å². The van der Waals surface area contributed by atoms with Crippen LogP contribution in [0.3, 0.4) is 0 Å². The summed E-state index contributed by atoms with van der Waals surface area (Å²) in [4.78, 5) is 22.5. The van der Waals surface area contributed by atoms with Crippen LogP contribution in [0.1, 0.15) is 53.4 Å². The molecule has 0 fully saturated rings. The van der Waals surface area contributed by atoms with Crippen molar-refractivity contribution < 1.29 is 14.7 Å². The number of rotatable bonds is 7. The first-order valence-electron chi connectivity index (χ1n) is 6.53. The lowest BCUT2D eigenvalue weighted by molar-refractivity contribution is -0.139. The minimum atomic E-state index is -0.977. The van der Waals surface area contributed by atoms with Crippen molar-refractivity contribution >= 4 is 12.0 Å². The Morgan fingerprint density at radius 2 is 1.89 bits per heavy atom. The van der Waals surface area contributed by atoms with Crippen molar-refractivity contribution in [1.82, 2.24) is 10.6 Å². The minimum absolute atomic E-state index is 0.154. The summed E-state index contributed by atoms with van der Waals surface area (Å²) in [5.41, 5.74) is 0.154. The Labute approximate surface area is 109 Å². The molecule has 1 atom stereocenters. The van der Waals surface area contributed by atoms with Crippen LogP contribution >= 0.6 is 0 Å². The third kappa shape index (κ3) is 8.84. The van der Waals surface area contributed by atoms with Crippen molar-refractivity contribution in [2.45, 2.75) is 59.4 Å². The number of hydrogen-bond acceptors (Lipinski definition) is 2. The molecule has 0 saturated heterocycles. The van der Waals surface area contributed by atoms with E-state index < -0.39 is 18.0 Å². The number of carbonyl (C=O) groups is 2. The van der Waals surface area contributed by atoms with Gasteiger partial charge in [0.15, 0.2) is 0 Å². The zero-order valence-corrected chi connectivity index (χ0v) is 11.9.